The predicted molar refractivity (Wildman–Crippen MR) is 222 cm³/mol. The van der Waals surface area contributed by atoms with E-state index in [1.54, 1.807) is 25.6 Å². The molecule has 0 unspecified atom stereocenters. The molecule has 19 heteroatoms. The molecule has 3 aliphatic heterocycles. The van der Waals surface area contributed by atoms with Crippen molar-refractivity contribution in [1.29, 1.82) is 5.26 Å². The van der Waals surface area contributed by atoms with E-state index in [2.05, 4.69) is 44.4 Å². The fraction of sp³-hybridized carbons (Fsp3) is 0.561. The maximum Gasteiger partial charge on any atom is 0.419 e. The third-order valence-electron chi connectivity index (χ3n) is 12.5. The average molecular weight is 850 g/mol. The van der Waals surface area contributed by atoms with Crippen molar-refractivity contribution in [2.45, 2.75) is 102 Å². The highest BCUT2D eigenvalue weighted by molar-refractivity contribution is 7.80. The number of carbonyl (C=O) groups is 4. The minimum Gasteiger partial charge on any atom is -0.331 e. The number of para-hydroxylation sites is 1. The zero-order valence-corrected chi connectivity index (χ0v) is 35.2. The van der Waals surface area contributed by atoms with Crippen molar-refractivity contribution in [3.05, 3.63) is 41.7 Å². The first-order valence-electron chi connectivity index (χ1n) is 20.4. The van der Waals surface area contributed by atoms with E-state index in [1.165, 1.54) is 11.0 Å². The van der Waals surface area contributed by atoms with Crippen LogP contribution in [0.5, 0.6) is 0 Å². The monoisotopic (exact) mass is 849 g/mol. The van der Waals surface area contributed by atoms with Gasteiger partial charge in [0.15, 0.2) is 16.6 Å². The van der Waals surface area contributed by atoms with Crippen molar-refractivity contribution in [2.24, 2.45) is 13.0 Å². The van der Waals surface area contributed by atoms with E-state index in [1.807, 2.05) is 23.1 Å². The van der Waals surface area contributed by atoms with Gasteiger partial charge in [0.25, 0.3) is 5.91 Å². The molecule has 0 radical (unpaired) electrons. The van der Waals surface area contributed by atoms with Crippen LogP contribution in [0.4, 0.5) is 35.2 Å². The highest BCUT2D eigenvalue weighted by Gasteiger charge is 2.53. The average Bonchev–Trinajstić information content (AvgIpc) is 3.61. The summed E-state index contributed by atoms with van der Waals surface area (Å²) >= 11 is 5.75. The van der Waals surface area contributed by atoms with E-state index in [0.29, 0.717) is 28.3 Å². The van der Waals surface area contributed by atoms with Crippen LogP contribution < -0.4 is 20.4 Å². The molecule has 2 aromatic heterocycles. The number of piperazine rings is 1. The van der Waals surface area contributed by atoms with Gasteiger partial charge in [-0.2, -0.15) is 23.5 Å². The van der Waals surface area contributed by atoms with Gasteiger partial charge in [0.2, 0.25) is 11.8 Å². The number of urea groups is 1. The molecule has 4 fully saturated rings. The molecular weight excluding hydrogens is 800 g/mol. The molecule has 1 aromatic carbocycles. The van der Waals surface area contributed by atoms with Crippen LogP contribution in [0.1, 0.15) is 83.9 Å². The summed E-state index contributed by atoms with van der Waals surface area (Å²) in [5, 5.41) is 20.0. The standard InChI is InChI=1S/C41H50F3N11O4S/c1-24-21-51(22-25(2)53(24)23-34(57)47-31-10-6-9-29-35(31)50(5)49-36(29)52-17-15-33(56)48-38(52)59)16-7-8-26-11-13-27(14-12-26)55-39(60)54(37(58)40(55,3)4)28-18-30(41(42,43)44)32(19-45)46-20-28/h6,9-10,18,20,24-27H,7-8,11-17,21-23H2,1-5H3,(H,47,57)(H,48,56,59)/t24-,25+,26-,27-. The zero-order chi connectivity index (χ0) is 43.3. The summed E-state index contributed by atoms with van der Waals surface area (Å²) in [6.07, 6.45) is 2.03. The topological polar surface area (TPSA) is 163 Å². The van der Waals surface area contributed by atoms with Crippen LogP contribution in [0.2, 0.25) is 0 Å². The van der Waals surface area contributed by atoms with Gasteiger partial charge >= 0.3 is 12.2 Å². The molecule has 3 saturated heterocycles. The van der Waals surface area contributed by atoms with Gasteiger partial charge in [-0.25, -0.2) is 9.78 Å². The van der Waals surface area contributed by atoms with Gasteiger partial charge in [0.05, 0.1) is 35.2 Å². The molecule has 3 aromatic rings. The SMILES string of the molecule is C[C@@H]1CN(CCC[C@H]2CC[C@H](N3C(=S)N(c4cnc(C#N)c(C(F)(F)F)c4)C(=O)C3(C)C)CC2)C[C@H](C)N1CC(=O)Nc1cccc2c(N3CCC(=O)NC3=O)nn(C)c12. The second-order valence-corrected chi connectivity index (χ2v) is 17.3. The fourth-order valence-corrected chi connectivity index (χ4v) is 10.1. The molecule has 2 N–H and O–H groups in total. The maximum absolute atomic E-state index is 13.7. The van der Waals surface area contributed by atoms with Crippen molar-refractivity contribution in [2.75, 3.05) is 47.8 Å². The number of amides is 5. The molecule has 7 rings (SSSR count). The van der Waals surface area contributed by atoms with Crippen molar-refractivity contribution >= 4 is 69.2 Å². The lowest BCUT2D eigenvalue weighted by molar-refractivity contribution is -0.138. The zero-order valence-electron chi connectivity index (χ0n) is 34.4. The fourth-order valence-electron chi connectivity index (χ4n) is 9.53. The number of carbonyl (C=O) groups excluding carboxylic acids is 4. The number of fused-ring (bicyclic) bond motifs is 1. The van der Waals surface area contributed by atoms with Gasteiger partial charge in [-0.05, 0) is 109 Å². The molecule has 320 valence electrons. The van der Waals surface area contributed by atoms with E-state index in [0.717, 1.165) is 75.3 Å². The van der Waals surface area contributed by atoms with E-state index in [-0.39, 0.29) is 60.3 Å². The Kier molecular flexibility index (Phi) is 11.9. The number of nitrogens with zero attached hydrogens (tertiary/aromatic N) is 9. The Morgan fingerprint density at radius 1 is 1.10 bits per heavy atom. The number of thiocarbonyl (C=S) groups is 1. The molecule has 1 aliphatic carbocycles. The number of alkyl halides is 3. The van der Waals surface area contributed by atoms with Gasteiger partial charge in [-0.3, -0.25) is 39.1 Å². The predicted octanol–water partition coefficient (Wildman–Crippen LogP) is 5.39. The third kappa shape index (κ3) is 8.28. The molecule has 5 heterocycles. The second kappa shape index (κ2) is 16.7. The molecule has 60 heavy (non-hydrogen) atoms. The smallest absolute Gasteiger partial charge is 0.331 e. The number of hydrogen-bond acceptors (Lipinski definition) is 10. The maximum atomic E-state index is 13.7. The Morgan fingerprint density at radius 2 is 1.80 bits per heavy atom. The number of nitriles is 1. The first-order chi connectivity index (χ1) is 28.4. The normalized spacial score (nSPS) is 24.3. The highest BCUT2D eigenvalue weighted by Crippen LogP contribution is 2.41. The molecule has 0 bridgehead atoms. The highest BCUT2D eigenvalue weighted by atomic mass is 32.1. The summed E-state index contributed by atoms with van der Waals surface area (Å²) in [4.78, 5) is 64.2. The summed E-state index contributed by atoms with van der Waals surface area (Å²) in [5.41, 5.74) is -1.86. The number of aryl methyl sites for hydroxylation is 1. The quantitative estimate of drug-likeness (QED) is 0.252. The molecule has 5 amide bonds. The van der Waals surface area contributed by atoms with Crippen molar-refractivity contribution < 1.29 is 32.3 Å². The molecule has 15 nitrogen and oxygen atoms in total. The van der Waals surface area contributed by atoms with Gasteiger partial charge in [0.1, 0.15) is 11.6 Å². The van der Waals surface area contributed by atoms with Gasteiger partial charge in [-0.1, -0.05) is 6.07 Å². The Labute approximate surface area is 351 Å². The van der Waals surface area contributed by atoms with Crippen LogP contribution in [0.15, 0.2) is 30.5 Å². The van der Waals surface area contributed by atoms with Gasteiger partial charge < -0.3 is 15.1 Å². The Bertz CT molecular complexity index is 2240. The van der Waals surface area contributed by atoms with Crippen molar-refractivity contribution in [3.63, 3.8) is 0 Å². The van der Waals surface area contributed by atoms with Crippen LogP contribution in [0.25, 0.3) is 10.9 Å². The number of halogens is 3. The number of benzene rings is 1. The summed E-state index contributed by atoms with van der Waals surface area (Å²) in [7, 11) is 1.76. The molecule has 1 saturated carbocycles. The van der Waals surface area contributed by atoms with Crippen LogP contribution in [-0.2, 0) is 27.6 Å². The number of imide groups is 1. The van der Waals surface area contributed by atoms with Crippen LogP contribution in [0, 0.1) is 17.2 Å². The third-order valence-corrected chi connectivity index (χ3v) is 12.8. The first-order valence-corrected chi connectivity index (χ1v) is 20.8. The molecular formula is C41H50F3N11O4S. The van der Waals surface area contributed by atoms with Crippen LogP contribution in [0.3, 0.4) is 0 Å². The Hall–Kier alpha value is -5.19. The summed E-state index contributed by atoms with van der Waals surface area (Å²) in [5.74, 6) is 0.0303. The number of aromatic nitrogens is 3. The summed E-state index contributed by atoms with van der Waals surface area (Å²) in [6, 6.07) is 7.44. The van der Waals surface area contributed by atoms with Crippen molar-refractivity contribution in [3.8, 4) is 6.07 Å². The van der Waals surface area contributed by atoms with E-state index < -0.39 is 34.9 Å². The summed E-state index contributed by atoms with van der Waals surface area (Å²) < 4.78 is 42.8. The lowest BCUT2D eigenvalue weighted by Gasteiger charge is -2.44. The van der Waals surface area contributed by atoms with Crippen molar-refractivity contribution in [1.82, 2.24) is 34.8 Å². The second-order valence-electron chi connectivity index (χ2n) is 17.0. The minimum atomic E-state index is -4.82. The van der Waals surface area contributed by atoms with E-state index in [4.69, 9.17) is 12.2 Å². The van der Waals surface area contributed by atoms with Crippen LogP contribution in [-0.4, -0.2) is 115 Å². The molecule has 4 aliphatic rings. The minimum absolute atomic E-state index is 0.0385. The number of nitrogens with one attached hydrogen (secondary N) is 2. The number of rotatable bonds is 10. The van der Waals surface area contributed by atoms with Crippen LogP contribution >= 0.6 is 12.2 Å². The first kappa shape index (κ1) is 42.9. The number of pyridine rings is 1. The van der Waals surface area contributed by atoms with E-state index in [9.17, 15) is 37.6 Å². The number of anilines is 3. The van der Waals surface area contributed by atoms with Gasteiger partial charge in [-0.15, -0.1) is 0 Å². The van der Waals surface area contributed by atoms with E-state index >= 15 is 0 Å². The molecule has 2 atom stereocenters. The Morgan fingerprint density at radius 3 is 2.45 bits per heavy atom. The largest absolute Gasteiger partial charge is 0.419 e. The summed E-state index contributed by atoms with van der Waals surface area (Å²) in [6.45, 7) is 10.8. The lowest BCUT2D eigenvalue weighted by Crippen LogP contribution is -2.58. The van der Waals surface area contributed by atoms with Gasteiger partial charge in [0, 0.05) is 56.6 Å². The number of hydrogen-bond donors (Lipinski definition) is 2. The Balaban J connectivity index is 0.884. The molecule has 0 spiro atoms. The lowest BCUT2D eigenvalue weighted by atomic mass is 9.82.